The first-order chi connectivity index (χ1) is 20.3. The Bertz CT molecular complexity index is 1380. The molecule has 2 aromatic heterocycles. The SMILES string of the molecule is CCOc1c(Nc2cc(C)[nH]n2)nc(Sc2ccc(CC(=O)C3CC3)cc2)nc1N1CCN(C(=O)CCN(C)C)CC1. The molecule has 2 N–H and O–H groups in total. The van der Waals surface area contributed by atoms with Crippen molar-refractivity contribution in [1.82, 2.24) is 30.0 Å². The number of Topliss-reactive ketones (excluding diaryl/α,β-unsaturated/α-hetero) is 1. The zero-order valence-corrected chi connectivity index (χ0v) is 25.7. The standard InChI is InChI=1S/C30H40N8O3S/c1-5-41-27-28(31-25-18-20(2)34-35-25)32-30(42-23-10-6-21(7-11-23)19-24(39)22-8-9-22)33-29(27)38-16-14-37(15-17-38)26(40)12-13-36(3)4/h6-7,10-11,18,22H,5,8-9,12-17,19H2,1-4H3,(H2,31,32,33,34,35). The maximum Gasteiger partial charge on any atom is 0.223 e. The second kappa shape index (κ2) is 13.6. The summed E-state index contributed by atoms with van der Waals surface area (Å²) in [5, 5.41) is 11.2. The normalized spacial score (nSPS) is 15.3. The lowest BCUT2D eigenvalue weighted by atomic mass is 10.1. The number of hydrogen-bond acceptors (Lipinski definition) is 10. The molecule has 1 aliphatic carbocycles. The second-order valence-corrected chi connectivity index (χ2v) is 12.1. The van der Waals surface area contributed by atoms with E-state index in [0.717, 1.165) is 35.5 Å². The van der Waals surface area contributed by atoms with Crippen LogP contribution < -0.4 is 15.0 Å². The van der Waals surface area contributed by atoms with Gasteiger partial charge in [-0.2, -0.15) is 5.10 Å². The predicted molar refractivity (Wildman–Crippen MR) is 164 cm³/mol. The van der Waals surface area contributed by atoms with Crippen LogP contribution in [-0.2, 0) is 16.0 Å². The summed E-state index contributed by atoms with van der Waals surface area (Å²) in [5.74, 6) is 3.18. The summed E-state index contributed by atoms with van der Waals surface area (Å²) < 4.78 is 6.13. The van der Waals surface area contributed by atoms with Crippen molar-refractivity contribution in [2.75, 3.05) is 63.6 Å². The van der Waals surface area contributed by atoms with Crippen LogP contribution >= 0.6 is 11.8 Å². The van der Waals surface area contributed by atoms with Gasteiger partial charge in [-0.3, -0.25) is 14.7 Å². The van der Waals surface area contributed by atoms with Gasteiger partial charge in [0.2, 0.25) is 11.7 Å². The number of ketones is 1. The molecule has 1 saturated heterocycles. The van der Waals surface area contributed by atoms with E-state index in [1.54, 1.807) is 0 Å². The number of aryl methyl sites for hydroxylation is 1. The zero-order chi connectivity index (χ0) is 29.6. The summed E-state index contributed by atoms with van der Waals surface area (Å²) in [6.45, 7) is 7.57. The number of aromatic amines is 1. The van der Waals surface area contributed by atoms with Crippen molar-refractivity contribution in [3.8, 4) is 5.75 Å². The van der Waals surface area contributed by atoms with Gasteiger partial charge < -0.3 is 24.8 Å². The summed E-state index contributed by atoms with van der Waals surface area (Å²) in [7, 11) is 3.96. The highest BCUT2D eigenvalue weighted by atomic mass is 32.2. The number of carbonyl (C=O) groups is 2. The van der Waals surface area contributed by atoms with Crippen LogP contribution in [0.15, 0.2) is 40.4 Å². The Hall–Kier alpha value is -3.64. The van der Waals surface area contributed by atoms with E-state index in [4.69, 9.17) is 14.7 Å². The van der Waals surface area contributed by atoms with Crippen LogP contribution in [0.2, 0.25) is 0 Å². The first-order valence-electron chi connectivity index (χ1n) is 14.6. The molecule has 1 aliphatic heterocycles. The van der Waals surface area contributed by atoms with Gasteiger partial charge in [0.05, 0.1) is 6.61 Å². The van der Waals surface area contributed by atoms with E-state index in [1.165, 1.54) is 11.8 Å². The molecule has 0 unspecified atom stereocenters. The number of H-pyrrole nitrogens is 1. The smallest absolute Gasteiger partial charge is 0.223 e. The van der Waals surface area contributed by atoms with Crippen LogP contribution in [0.25, 0.3) is 0 Å². The van der Waals surface area contributed by atoms with Gasteiger partial charge in [0.15, 0.2) is 22.6 Å². The van der Waals surface area contributed by atoms with E-state index in [0.29, 0.717) is 79.8 Å². The molecule has 1 aromatic carbocycles. The number of amides is 1. The Morgan fingerprint density at radius 3 is 2.48 bits per heavy atom. The molecule has 42 heavy (non-hydrogen) atoms. The Morgan fingerprint density at radius 2 is 1.86 bits per heavy atom. The minimum absolute atomic E-state index is 0.172. The predicted octanol–water partition coefficient (Wildman–Crippen LogP) is 3.92. The molecule has 0 radical (unpaired) electrons. The molecule has 1 saturated carbocycles. The van der Waals surface area contributed by atoms with Gasteiger partial charge in [0.1, 0.15) is 5.78 Å². The molecule has 0 spiro atoms. The number of rotatable bonds is 13. The third-order valence-electron chi connectivity index (χ3n) is 7.32. The zero-order valence-electron chi connectivity index (χ0n) is 24.9. The van der Waals surface area contributed by atoms with Crippen LogP contribution in [0.5, 0.6) is 5.75 Å². The highest BCUT2D eigenvalue weighted by Crippen LogP contribution is 2.39. The summed E-state index contributed by atoms with van der Waals surface area (Å²) >= 11 is 1.46. The molecule has 11 nitrogen and oxygen atoms in total. The minimum atomic E-state index is 0.172. The van der Waals surface area contributed by atoms with Crippen molar-refractivity contribution in [1.29, 1.82) is 0 Å². The van der Waals surface area contributed by atoms with Crippen LogP contribution in [0, 0.1) is 12.8 Å². The van der Waals surface area contributed by atoms with Gasteiger partial charge in [-0.15, -0.1) is 0 Å². The van der Waals surface area contributed by atoms with Crippen LogP contribution in [0.3, 0.4) is 0 Å². The lowest BCUT2D eigenvalue weighted by molar-refractivity contribution is -0.131. The van der Waals surface area contributed by atoms with E-state index in [9.17, 15) is 9.59 Å². The van der Waals surface area contributed by atoms with Gasteiger partial charge in [0, 0.05) is 68.1 Å². The van der Waals surface area contributed by atoms with Crippen molar-refractivity contribution in [2.45, 2.75) is 49.6 Å². The third kappa shape index (κ3) is 7.80. The molecular formula is C30H40N8O3S. The van der Waals surface area contributed by atoms with E-state index < -0.39 is 0 Å². The molecule has 0 bridgehead atoms. The quantitative estimate of drug-likeness (QED) is 0.283. The van der Waals surface area contributed by atoms with Crippen LogP contribution in [0.4, 0.5) is 17.5 Å². The number of aromatic nitrogens is 4. The average molecular weight is 593 g/mol. The minimum Gasteiger partial charge on any atom is -0.487 e. The Kier molecular flexibility index (Phi) is 9.63. The fraction of sp³-hybridized carbons (Fsp3) is 0.500. The maximum atomic E-state index is 12.7. The van der Waals surface area contributed by atoms with Gasteiger partial charge in [0.25, 0.3) is 0 Å². The molecule has 5 rings (SSSR count). The van der Waals surface area contributed by atoms with Crippen LogP contribution in [-0.4, -0.2) is 95.1 Å². The molecule has 12 heteroatoms. The largest absolute Gasteiger partial charge is 0.487 e. The van der Waals surface area contributed by atoms with Crippen molar-refractivity contribution < 1.29 is 14.3 Å². The summed E-state index contributed by atoms with van der Waals surface area (Å²) in [6, 6.07) is 9.96. The molecular weight excluding hydrogens is 552 g/mol. The number of nitrogens with zero attached hydrogens (tertiary/aromatic N) is 6. The lowest BCUT2D eigenvalue weighted by Crippen LogP contribution is -2.49. The Morgan fingerprint density at radius 1 is 1.12 bits per heavy atom. The molecule has 2 fully saturated rings. The number of benzene rings is 1. The van der Waals surface area contributed by atoms with E-state index >= 15 is 0 Å². The molecule has 0 atom stereocenters. The molecule has 2 aliphatic rings. The Labute approximate surface area is 251 Å². The van der Waals surface area contributed by atoms with E-state index in [2.05, 4.69) is 20.4 Å². The second-order valence-electron chi connectivity index (χ2n) is 11.1. The topological polar surface area (TPSA) is 120 Å². The summed E-state index contributed by atoms with van der Waals surface area (Å²) in [5.41, 5.74) is 1.95. The number of anilines is 3. The van der Waals surface area contributed by atoms with Gasteiger partial charge in [-0.1, -0.05) is 12.1 Å². The first kappa shape index (κ1) is 29.8. The van der Waals surface area contributed by atoms with E-state index in [-0.39, 0.29) is 11.8 Å². The molecule has 224 valence electrons. The number of nitrogens with one attached hydrogen (secondary N) is 2. The van der Waals surface area contributed by atoms with Crippen molar-refractivity contribution in [3.63, 3.8) is 0 Å². The van der Waals surface area contributed by atoms with Gasteiger partial charge >= 0.3 is 0 Å². The van der Waals surface area contributed by atoms with Crippen LogP contribution in [0.1, 0.15) is 37.4 Å². The fourth-order valence-corrected chi connectivity index (χ4v) is 5.57. The third-order valence-corrected chi connectivity index (χ3v) is 8.19. The van der Waals surface area contributed by atoms with Gasteiger partial charge in [-0.05, 0) is 70.2 Å². The first-order valence-corrected chi connectivity index (χ1v) is 15.4. The molecule has 3 heterocycles. The lowest BCUT2D eigenvalue weighted by Gasteiger charge is -2.36. The van der Waals surface area contributed by atoms with Gasteiger partial charge in [-0.25, -0.2) is 9.97 Å². The number of carbonyl (C=O) groups excluding carboxylic acids is 2. The van der Waals surface area contributed by atoms with E-state index in [1.807, 2.05) is 68.1 Å². The number of ether oxygens (including phenoxy) is 1. The highest BCUT2D eigenvalue weighted by Gasteiger charge is 2.29. The average Bonchev–Trinajstić information content (AvgIpc) is 3.76. The Balaban J connectivity index is 1.38. The summed E-state index contributed by atoms with van der Waals surface area (Å²) in [6.07, 6.45) is 3.05. The molecule has 1 amide bonds. The fourth-order valence-electron chi connectivity index (χ4n) is 4.82. The van der Waals surface area contributed by atoms with Crippen molar-refractivity contribution in [3.05, 3.63) is 41.6 Å². The number of hydrogen-bond donors (Lipinski definition) is 2. The molecule has 3 aromatic rings. The van der Waals surface area contributed by atoms with Crippen molar-refractivity contribution in [2.24, 2.45) is 5.92 Å². The monoisotopic (exact) mass is 592 g/mol. The highest BCUT2D eigenvalue weighted by molar-refractivity contribution is 7.99. The maximum absolute atomic E-state index is 12.7. The number of piperazine rings is 1. The summed E-state index contributed by atoms with van der Waals surface area (Å²) in [4.78, 5) is 41.9. The van der Waals surface area contributed by atoms with Crippen molar-refractivity contribution >= 4 is 40.9 Å².